The van der Waals surface area contributed by atoms with Gasteiger partial charge in [0.1, 0.15) is 23.0 Å². The average molecular weight is 429 g/mol. The van der Waals surface area contributed by atoms with Crippen molar-refractivity contribution < 1.29 is 9.84 Å². The summed E-state index contributed by atoms with van der Waals surface area (Å²) in [6, 6.07) is 32.8. The van der Waals surface area contributed by atoms with Crippen LogP contribution in [0, 0.1) is 0 Å². The van der Waals surface area contributed by atoms with Gasteiger partial charge < -0.3 is 9.84 Å². The molecule has 158 valence electrons. The summed E-state index contributed by atoms with van der Waals surface area (Å²) in [5, 5.41) is 12.4. The van der Waals surface area contributed by atoms with Gasteiger partial charge in [-0.25, -0.2) is 4.98 Å². The summed E-state index contributed by atoms with van der Waals surface area (Å²) >= 11 is 0. The van der Waals surface area contributed by atoms with Crippen LogP contribution in [-0.2, 0) is 0 Å². The van der Waals surface area contributed by atoms with E-state index in [9.17, 15) is 5.11 Å². The van der Waals surface area contributed by atoms with E-state index < -0.39 is 0 Å². The number of phenolic OH excluding ortho intramolecular Hbond substituents is 1. The Morgan fingerprint density at radius 3 is 2.48 bits per heavy atom. The molecule has 0 radical (unpaired) electrons. The second kappa shape index (κ2) is 7.80. The van der Waals surface area contributed by atoms with Crippen molar-refractivity contribution in [2.24, 2.45) is 0 Å². The van der Waals surface area contributed by atoms with Crippen molar-refractivity contribution in [3.63, 3.8) is 0 Å². The Balaban J connectivity index is 1.41. The maximum atomic E-state index is 10.2. The zero-order valence-corrected chi connectivity index (χ0v) is 17.6. The van der Waals surface area contributed by atoms with Crippen LogP contribution >= 0.6 is 0 Å². The number of nitrogens with zero attached hydrogens (tertiary/aromatic N) is 3. The summed E-state index contributed by atoms with van der Waals surface area (Å²) in [6.45, 7) is 0. The van der Waals surface area contributed by atoms with E-state index in [0.29, 0.717) is 11.6 Å². The van der Waals surface area contributed by atoms with Crippen LogP contribution in [0.25, 0.3) is 38.9 Å². The number of para-hydroxylation sites is 2. The molecule has 1 N–H and O–H groups in total. The van der Waals surface area contributed by atoms with Gasteiger partial charge in [-0.1, -0.05) is 54.6 Å². The topological polar surface area (TPSA) is 60.2 Å². The molecule has 6 aromatic rings. The summed E-state index contributed by atoms with van der Waals surface area (Å²) in [4.78, 5) is 9.40. The van der Waals surface area contributed by atoms with Gasteiger partial charge in [-0.15, -0.1) is 0 Å². The first-order valence-corrected chi connectivity index (χ1v) is 10.7. The monoisotopic (exact) mass is 429 g/mol. The lowest BCUT2D eigenvalue weighted by molar-refractivity contribution is 0.462. The molecule has 3 heterocycles. The number of aromatic hydroxyl groups is 1. The fraction of sp³-hybridized carbons (Fsp3) is 0. The summed E-state index contributed by atoms with van der Waals surface area (Å²) in [6.07, 6.45) is 1.79. The van der Waals surface area contributed by atoms with E-state index in [2.05, 4.69) is 27.8 Å². The third-order valence-corrected chi connectivity index (χ3v) is 5.64. The van der Waals surface area contributed by atoms with E-state index in [4.69, 9.17) is 9.72 Å². The number of benzene rings is 3. The number of rotatable bonds is 4. The molecular weight excluding hydrogens is 410 g/mol. The number of phenols is 1. The van der Waals surface area contributed by atoms with Crippen LogP contribution in [0.15, 0.2) is 109 Å². The Kier molecular flexibility index (Phi) is 4.51. The molecule has 0 atom stereocenters. The molecule has 0 fully saturated rings. The average Bonchev–Trinajstić information content (AvgIpc) is 3.19. The maximum Gasteiger partial charge on any atom is 0.221 e. The standard InChI is InChI=1S/C28H19N3O2/c32-25-14-4-2-10-21(25)19-8-5-9-20(18-19)33-27-16-6-15-26(30-27)31-24-13-3-1-11-22(24)23-12-7-17-29-28(23)31/h1-18,32H. The Bertz CT molecular complexity index is 1570. The minimum Gasteiger partial charge on any atom is -0.507 e. The summed E-state index contributed by atoms with van der Waals surface area (Å²) < 4.78 is 8.17. The van der Waals surface area contributed by atoms with Crippen molar-refractivity contribution in [3.05, 3.63) is 109 Å². The van der Waals surface area contributed by atoms with Crippen molar-refractivity contribution in [1.29, 1.82) is 0 Å². The first-order chi connectivity index (χ1) is 16.3. The van der Waals surface area contributed by atoms with Gasteiger partial charge in [0.05, 0.1) is 5.52 Å². The lowest BCUT2D eigenvalue weighted by atomic mass is 10.0. The number of hydrogen-bond acceptors (Lipinski definition) is 4. The largest absolute Gasteiger partial charge is 0.507 e. The molecule has 5 heteroatoms. The highest BCUT2D eigenvalue weighted by Gasteiger charge is 2.14. The van der Waals surface area contributed by atoms with Crippen LogP contribution in [-0.4, -0.2) is 19.6 Å². The van der Waals surface area contributed by atoms with Crippen LogP contribution < -0.4 is 4.74 Å². The molecule has 0 aliphatic rings. The molecule has 0 amide bonds. The fourth-order valence-corrected chi connectivity index (χ4v) is 4.18. The van der Waals surface area contributed by atoms with Crippen molar-refractivity contribution in [2.45, 2.75) is 0 Å². The third-order valence-electron chi connectivity index (χ3n) is 5.64. The SMILES string of the molecule is Oc1ccccc1-c1cccc(Oc2cccc(-n3c4ccccc4c4cccnc43)n2)c1. The normalized spacial score (nSPS) is 11.2. The van der Waals surface area contributed by atoms with Crippen LogP contribution in [0.1, 0.15) is 0 Å². The summed E-state index contributed by atoms with van der Waals surface area (Å²) in [5.41, 5.74) is 3.51. The zero-order chi connectivity index (χ0) is 22.2. The van der Waals surface area contributed by atoms with Crippen molar-refractivity contribution in [3.8, 4) is 34.3 Å². The molecule has 0 aliphatic carbocycles. The molecule has 0 unspecified atom stereocenters. The zero-order valence-electron chi connectivity index (χ0n) is 17.6. The van der Waals surface area contributed by atoms with E-state index in [-0.39, 0.29) is 5.75 Å². The second-order valence-corrected chi connectivity index (χ2v) is 7.71. The van der Waals surface area contributed by atoms with Crippen molar-refractivity contribution >= 4 is 21.9 Å². The van der Waals surface area contributed by atoms with Crippen molar-refractivity contribution in [2.75, 3.05) is 0 Å². The highest BCUT2D eigenvalue weighted by atomic mass is 16.5. The van der Waals surface area contributed by atoms with Gasteiger partial charge in [0.25, 0.3) is 0 Å². The van der Waals surface area contributed by atoms with E-state index >= 15 is 0 Å². The van der Waals surface area contributed by atoms with Gasteiger partial charge >= 0.3 is 0 Å². The predicted molar refractivity (Wildman–Crippen MR) is 130 cm³/mol. The number of ether oxygens (including phenoxy) is 1. The molecule has 0 saturated carbocycles. The highest BCUT2D eigenvalue weighted by Crippen LogP contribution is 2.33. The number of hydrogen-bond donors (Lipinski definition) is 1. The maximum absolute atomic E-state index is 10.2. The molecule has 3 aromatic carbocycles. The molecular formula is C28H19N3O2. The molecule has 0 saturated heterocycles. The van der Waals surface area contributed by atoms with Gasteiger partial charge in [0.2, 0.25) is 5.88 Å². The molecule has 6 rings (SSSR count). The minimum absolute atomic E-state index is 0.230. The van der Waals surface area contributed by atoms with Gasteiger partial charge in [-0.3, -0.25) is 4.57 Å². The molecule has 33 heavy (non-hydrogen) atoms. The van der Waals surface area contributed by atoms with Crippen LogP contribution in [0.4, 0.5) is 0 Å². The summed E-state index contributed by atoms with van der Waals surface area (Å²) in [5.74, 6) is 2.08. The van der Waals surface area contributed by atoms with E-state index in [0.717, 1.165) is 38.9 Å². The Hall–Kier alpha value is -4.64. The number of pyridine rings is 2. The third kappa shape index (κ3) is 3.36. The lowest BCUT2D eigenvalue weighted by Crippen LogP contribution is -1.99. The van der Waals surface area contributed by atoms with Crippen LogP contribution in [0.5, 0.6) is 17.4 Å². The molecule has 5 nitrogen and oxygen atoms in total. The minimum atomic E-state index is 0.230. The Morgan fingerprint density at radius 2 is 1.55 bits per heavy atom. The Morgan fingerprint density at radius 1 is 0.727 bits per heavy atom. The first kappa shape index (κ1) is 19.1. The van der Waals surface area contributed by atoms with Crippen LogP contribution in [0.3, 0.4) is 0 Å². The van der Waals surface area contributed by atoms with Gasteiger partial charge in [0.15, 0.2) is 0 Å². The van der Waals surface area contributed by atoms with E-state index in [1.54, 1.807) is 18.3 Å². The number of fused-ring (bicyclic) bond motifs is 3. The van der Waals surface area contributed by atoms with Gasteiger partial charge in [-0.05, 0) is 48.0 Å². The van der Waals surface area contributed by atoms with E-state index in [1.807, 2.05) is 72.8 Å². The second-order valence-electron chi connectivity index (χ2n) is 7.71. The van der Waals surface area contributed by atoms with Gasteiger partial charge in [-0.2, -0.15) is 4.98 Å². The molecule has 3 aromatic heterocycles. The molecule has 0 aliphatic heterocycles. The number of aromatic nitrogens is 3. The quantitative estimate of drug-likeness (QED) is 0.337. The molecule has 0 bridgehead atoms. The summed E-state index contributed by atoms with van der Waals surface area (Å²) in [7, 11) is 0. The lowest BCUT2D eigenvalue weighted by Gasteiger charge is -2.10. The van der Waals surface area contributed by atoms with Crippen molar-refractivity contribution in [1.82, 2.24) is 14.5 Å². The van der Waals surface area contributed by atoms with Gasteiger partial charge in [0, 0.05) is 28.6 Å². The fourth-order valence-electron chi connectivity index (χ4n) is 4.18. The molecule has 0 spiro atoms. The smallest absolute Gasteiger partial charge is 0.221 e. The highest BCUT2D eigenvalue weighted by molar-refractivity contribution is 6.07. The predicted octanol–water partition coefficient (Wildman–Crippen LogP) is 6.74. The Labute approximate surface area is 190 Å². The van der Waals surface area contributed by atoms with Crippen LogP contribution in [0.2, 0.25) is 0 Å². The first-order valence-electron chi connectivity index (χ1n) is 10.7. The van der Waals surface area contributed by atoms with E-state index in [1.165, 1.54) is 0 Å².